The first-order valence-electron chi connectivity index (χ1n) is 13.6. The van der Waals surface area contributed by atoms with E-state index in [1.807, 2.05) is 121 Å². The van der Waals surface area contributed by atoms with Crippen molar-refractivity contribution in [3.05, 3.63) is 157 Å². The molecule has 202 valence electrons. The van der Waals surface area contributed by atoms with Gasteiger partial charge in [-0.05, 0) is 57.0 Å². The van der Waals surface area contributed by atoms with Gasteiger partial charge < -0.3 is 9.47 Å². The summed E-state index contributed by atoms with van der Waals surface area (Å²) in [6.45, 7) is 0. The number of hydrogen-bond acceptors (Lipinski definition) is 4. The number of carbonyl (C=O) groups is 2. The number of carbonyl (C=O) groups excluding carboxylic acids is 2. The van der Waals surface area contributed by atoms with Crippen LogP contribution in [-0.2, 0) is 9.59 Å². The Bertz CT molecular complexity index is 1810. The second kappa shape index (κ2) is 12.2. The Morgan fingerprint density at radius 2 is 0.810 bits per heavy atom. The molecule has 0 aliphatic carbocycles. The molecule has 4 nitrogen and oxygen atoms in total. The fourth-order valence-corrected chi connectivity index (χ4v) is 4.93. The van der Waals surface area contributed by atoms with Gasteiger partial charge in [-0.3, -0.25) is 0 Å². The summed E-state index contributed by atoms with van der Waals surface area (Å²) >= 11 is 0. The van der Waals surface area contributed by atoms with Crippen LogP contribution in [0.1, 0.15) is 11.1 Å². The Balaban J connectivity index is 1.46. The largest absolute Gasteiger partial charge is 0.423 e. The smallest absolute Gasteiger partial charge is 0.336 e. The second-order valence-electron chi connectivity index (χ2n) is 9.65. The molecule has 0 saturated carbocycles. The summed E-state index contributed by atoms with van der Waals surface area (Å²) in [6, 6.07) is 42.3. The maximum Gasteiger partial charge on any atom is 0.336 e. The van der Waals surface area contributed by atoms with Crippen molar-refractivity contribution in [1.82, 2.24) is 0 Å². The normalized spacial score (nSPS) is 11.3. The Labute approximate surface area is 243 Å². The van der Waals surface area contributed by atoms with Crippen LogP contribution in [0.15, 0.2) is 146 Å². The standard InChI is InChI=1S/C38H26O4/c39-35(25-19-27-11-3-1-4-12-27)41-33-23-21-29-15-7-9-17-31(29)37(33)38-32-18-10-8-16-30(32)22-24-34(38)42-36(40)26-20-28-13-5-2-6-14-28/h1-26H/b25-19+,26-20+. The van der Waals surface area contributed by atoms with E-state index in [0.717, 1.165) is 32.7 Å². The molecule has 0 heterocycles. The van der Waals surface area contributed by atoms with Crippen molar-refractivity contribution in [2.24, 2.45) is 0 Å². The molecule has 0 unspecified atom stereocenters. The maximum absolute atomic E-state index is 13.0. The number of benzene rings is 6. The fraction of sp³-hybridized carbons (Fsp3) is 0. The Hall–Kier alpha value is -5.74. The van der Waals surface area contributed by atoms with Crippen LogP contribution in [0.2, 0.25) is 0 Å². The van der Waals surface area contributed by atoms with Gasteiger partial charge in [-0.1, -0.05) is 121 Å². The Kier molecular flexibility index (Phi) is 7.69. The molecule has 4 heteroatoms. The van der Waals surface area contributed by atoms with E-state index in [1.165, 1.54) is 12.2 Å². The van der Waals surface area contributed by atoms with Crippen LogP contribution in [0.25, 0.3) is 44.8 Å². The molecule has 0 aliphatic rings. The van der Waals surface area contributed by atoms with Crippen molar-refractivity contribution >= 4 is 45.6 Å². The summed E-state index contributed by atoms with van der Waals surface area (Å²) in [4.78, 5) is 26.1. The minimum absolute atomic E-state index is 0.366. The van der Waals surface area contributed by atoms with Crippen LogP contribution < -0.4 is 9.47 Å². The van der Waals surface area contributed by atoms with Crippen molar-refractivity contribution in [3.8, 4) is 22.6 Å². The summed E-state index contributed by atoms with van der Waals surface area (Å²) in [5.41, 5.74) is 3.11. The highest BCUT2D eigenvalue weighted by Crippen LogP contribution is 2.45. The Morgan fingerprint density at radius 3 is 1.24 bits per heavy atom. The average molecular weight is 547 g/mol. The van der Waals surface area contributed by atoms with Crippen molar-refractivity contribution in [1.29, 1.82) is 0 Å². The number of ether oxygens (including phenoxy) is 2. The predicted octanol–water partition coefficient (Wildman–Crippen LogP) is 8.90. The van der Waals surface area contributed by atoms with Crippen molar-refractivity contribution in [3.63, 3.8) is 0 Å². The number of hydrogen-bond donors (Lipinski definition) is 0. The molecule has 42 heavy (non-hydrogen) atoms. The van der Waals surface area contributed by atoms with Gasteiger partial charge in [-0.25, -0.2) is 9.59 Å². The van der Waals surface area contributed by atoms with Crippen LogP contribution in [0.4, 0.5) is 0 Å². The molecule has 0 amide bonds. The predicted molar refractivity (Wildman–Crippen MR) is 169 cm³/mol. The molecule has 0 aliphatic heterocycles. The number of fused-ring (bicyclic) bond motifs is 2. The third kappa shape index (κ3) is 5.88. The van der Waals surface area contributed by atoms with Crippen LogP contribution >= 0.6 is 0 Å². The molecule has 6 aromatic carbocycles. The third-order valence-corrected chi connectivity index (χ3v) is 6.88. The van der Waals surface area contributed by atoms with Gasteiger partial charge in [-0.15, -0.1) is 0 Å². The van der Waals surface area contributed by atoms with Crippen LogP contribution in [0, 0.1) is 0 Å². The first-order chi connectivity index (χ1) is 20.7. The molecule has 0 spiro atoms. The number of esters is 2. The fourth-order valence-electron chi connectivity index (χ4n) is 4.93. The molecule has 6 aromatic rings. The average Bonchev–Trinajstić information content (AvgIpc) is 3.04. The molecule has 0 fully saturated rings. The van der Waals surface area contributed by atoms with E-state index in [4.69, 9.17) is 9.47 Å². The zero-order valence-corrected chi connectivity index (χ0v) is 22.6. The van der Waals surface area contributed by atoms with E-state index >= 15 is 0 Å². The van der Waals surface area contributed by atoms with E-state index in [9.17, 15) is 9.59 Å². The molecule has 0 radical (unpaired) electrons. The summed E-state index contributed by atoms with van der Waals surface area (Å²) in [7, 11) is 0. The van der Waals surface area contributed by atoms with Gasteiger partial charge in [0.1, 0.15) is 11.5 Å². The topological polar surface area (TPSA) is 52.6 Å². The molecular weight excluding hydrogens is 520 g/mol. The molecule has 0 atom stereocenters. The minimum atomic E-state index is -0.514. The first-order valence-corrected chi connectivity index (χ1v) is 13.6. The zero-order chi connectivity index (χ0) is 28.7. The van der Waals surface area contributed by atoms with Gasteiger partial charge in [0.15, 0.2) is 0 Å². The van der Waals surface area contributed by atoms with E-state index in [2.05, 4.69) is 0 Å². The van der Waals surface area contributed by atoms with Gasteiger partial charge >= 0.3 is 11.9 Å². The van der Waals surface area contributed by atoms with Crippen LogP contribution in [-0.4, -0.2) is 11.9 Å². The summed E-state index contributed by atoms with van der Waals surface area (Å²) in [5, 5.41) is 3.65. The molecular formula is C38H26O4. The van der Waals surface area contributed by atoms with Gasteiger partial charge in [0.25, 0.3) is 0 Å². The lowest BCUT2D eigenvalue weighted by Crippen LogP contribution is -2.07. The number of rotatable bonds is 7. The summed E-state index contributed by atoms with van der Waals surface area (Å²) < 4.78 is 11.9. The highest BCUT2D eigenvalue weighted by atomic mass is 16.5. The lowest BCUT2D eigenvalue weighted by molar-refractivity contribution is -0.129. The van der Waals surface area contributed by atoms with Crippen molar-refractivity contribution in [2.45, 2.75) is 0 Å². The monoisotopic (exact) mass is 546 g/mol. The minimum Gasteiger partial charge on any atom is -0.423 e. The highest BCUT2D eigenvalue weighted by Gasteiger charge is 2.21. The maximum atomic E-state index is 13.0. The van der Waals surface area contributed by atoms with E-state index in [-0.39, 0.29) is 0 Å². The van der Waals surface area contributed by atoms with Crippen molar-refractivity contribution in [2.75, 3.05) is 0 Å². The molecule has 0 bridgehead atoms. The summed E-state index contributed by atoms with van der Waals surface area (Å²) in [6.07, 6.45) is 6.25. The third-order valence-electron chi connectivity index (χ3n) is 6.88. The molecule has 0 aromatic heterocycles. The lowest BCUT2D eigenvalue weighted by Gasteiger charge is -2.18. The second-order valence-corrected chi connectivity index (χ2v) is 9.65. The van der Waals surface area contributed by atoms with E-state index in [0.29, 0.717) is 22.6 Å². The lowest BCUT2D eigenvalue weighted by atomic mass is 9.92. The highest BCUT2D eigenvalue weighted by molar-refractivity contribution is 6.11. The van der Waals surface area contributed by atoms with E-state index < -0.39 is 11.9 Å². The van der Waals surface area contributed by atoms with Gasteiger partial charge in [-0.2, -0.15) is 0 Å². The van der Waals surface area contributed by atoms with Crippen molar-refractivity contribution < 1.29 is 19.1 Å². The quantitative estimate of drug-likeness (QED) is 0.114. The molecule has 0 saturated heterocycles. The van der Waals surface area contributed by atoms with E-state index in [1.54, 1.807) is 24.3 Å². The summed E-state index contributed by atoms with van der Waals surface area (Å²) in [5.74, 6) is -0.297. The van der Waals surface area contributed by atoms with Gasteiger partial charge in [0.2, 0.25) is 0 Å². The van der Waals surface area contributed by atoms with Crippen LogP contribution in [0.5, 0.6) is 11.5 Å². The molecule has 0 N–H and O–H groups in total. The SMILES string of the molecule is O=C(/C=C/c1ccccc1)Oc1ccc2ccccc2c1-c1c(OC(=O)/C=C/c2ccccc2)ccc2ccccc12. The molecule has 6 rings (SSSR count). The Morgan fingerprint density at radius 1 is 0.429 bits per heavy atom. The first kappa shape index (κ1) is 26.5. The zero-order valence-electron chi connectivity index (χ0n) is 22.6. The van der Waals surface area contributed by atoms with Gasteiger partial charge in [0, 0.05) is 23.3 Å². The van der Waals surface area contributed by atoms with Crippen LogP contribution in [0.3, 0.4) is 0 Å². The van der Waals surface area contributed by atoms with Gasteiger partial charge in [0.05, 0.1) is 0 Å².